The second-order valence-electron chi connectivity index (χ2n) is 7.19. The number of ether oxygens (including phenoxy) is 1. The molecular weight excluding hydrogens is 404 g/mol. The van der Waals surface area contributed by atoms with Gasteiger partial charge in [-0.15, -0.1) is 0 Å². The minimum atomic E-state index is -3.87. The lowest BCUT2D eigenvalue weighted by atomic mass is 10.0. The van der Waals surface area contributed by atoms with Gasteiger partial charge in [0.2, 0.25) is 10.0 Å². The number of aliphatic hydroxyl groups is 1. The summed E-state index contributed by atoms with van der Waals surface area (Å²) in [7, 11) is -2.36. The highest BCUT2D eigenvalue weighted by Crippen LogP contribution is 2.23. The van der Waals surface area contributed by atoms with Gasteiger partial charge in [-0.25, -0.2) is 8.42 Å². The molecule has 1 heterocycles. The predicted octanol–water partition coefficient (Wildman–Crippen LogP) is 2.73. The Morgan fingerprint density at radius 1 is 1.10 bits per heavy atom. The third kappa shape index (κ3) is 4.40. The van der Waals surface area contributed by atoms with E-state index in [1.807, 2.05) is 26.0 Å². The average molecular weight is 431 g/mol. The highest BCUT2D eigenvalue weighted by atomic mass is 32.2. The van der Waals surface area contributed by atoms with Crippen LogP contribution in [0, 0.1) is 13.8 Å². The molecule has 0 unspecified atom stereocenters. The van der Waals surface area contributed by atoms with Crippen LogP contribution in [0.3, 0.4) is 0 Å². The Bertz CT molecular complexity index is 1200. The van der Waals surface area contributed by atoms with Gasteiger partial charge in [-0.3, -0.25) is 4.79 Å². The number of methoxy groups -OCH3 is 1. The lowest BCUT2D eigenvalue weighted by Gasteiger charge is -2.22. The number of hydrogen-bond acceptors (Lipinski definition) is 5. The Hall–Kier alpha value is -2.68. The van der Waals surface area contributed by atoms with Crippen molar-refractivity contribution in [3.8, 4) is 5.75 Å². The van der Waals surface area contributed by atoms with Crippen molar-refractivity contribution in [1.82, 2.24) is 9.29 Å². The number of aliphatic hydroxyl groups excluding tert-OH is 1. The Kier molecular flexibility index (Phi) is 6.60. The molecule has 8 heteroatoms. The minimum Gasteiger partial charge on any atom is -0.497 e. The van der Waals surface area contributed by atoms with Crippen LogP contribution in [0.2, 0.25) is 0 Å². The molecule has 2 N–H and O–H groups in total. The number of aryl methyl sites for hydroxylation is 2. The summed E-state index contributed by atoms with van der Waals surface area (Å²) in [5, 5.41) is 10.1. The van der Waals surface area contributed by atoms with Crippen molar-refractivity contribution >= 4 is 20.9 Å². The zero-order chi connectivity index (χ0) is 21.9. The molecule has 0 saturated carbocycles. The second-order valence-corrected chi connectivity index (χ2v) is 9.12. The number of nitrogens with zero attached hydrogens (tertiary/aromatic N) is 1. The molecule has 3 rings (SSSR count). The zero-order valence-electron chi connectivity index (χ0n) is 17.3. The molecule has 0 fully saturated rings. The molecule has 30 heavy (non-hydrogen) atoms. The number of fused-ring (bicyclic) bond motifs is 1. The molecule has 7 nitrogen and oxygen atoms in total. The van der Waals surface area contributed by atoms with Crippen molar-refractivity contribution in [2.24, 2.45) is 0 Å². The van der Waals surface area contributed by atoms with Gasteiger partial charge in [-0.1, -0.05) is 12.1 Å². The zero-order valence-corrected chi connectivity index (χ0v) is 18.1. The molecule has 0 aliphatic carbocycles. The molecule has 2 aromatic carbocycles. The maximum Gasteiger partial charge on any atom is 0.252 e. The van der Waals surface area contributed by atoms with Gasteiger partial charge in [-0.05, 0) is 67.1 Å². The molecule has 0 saturated heterocycles. The minimum absolute atomic E-state index is 0.0907. The van der Waals surface area contributed by atoms with Crippen molar-refractivity contribution in [3.05, 3.63) is 69.5 Å². The van der Waals surface area contributed by atoms with E-state index in [1.165, 1.54) is 23.5 Å². The van der Waals surface area contributed by atoms with E-state index < -0.39 is 10.0 Å². The highest BCUT2D eigenvalue weighted by molar-refractivity contribution is 7.89. The first-order valence-electron chi connectivity index (χ1n) is 9.65. The third-order valence-corrected chi connectivity index (χ3v) is 7.10. The normalized spacial score (nSPS) is 11.9. The lowest BCUT2D eigenvalue weighted by molar-refractivity contribution is 0.267. The highest BCUT2D eigenvalue weighted by Gasteiger charge is 2.25. The number of nitrogens with one attached hydrogen (secondary N) is 1. The maximum absolute atomic E-state index is 13.2. The second kappa shape index (κ2) is 8.99. The van der Waals surface area contributed by atoms with E-state index in [-0.39, 0.29) is 36.6 Å². The number of aromatic amines is 1. The van der Waals surface area contributed by atoms with E-state index in [0.717, 1.165) is 22.0 Å². The number of hydrogen-bond donors (Lipinski definition) is 2. The van der Waals surface area contributed by atoms with E-state index in [9.17, 15) is 18.3 Å². The van der Waals surface area contributed by atoms with Crippen molar-refractivity contribution < 1.29 is 18.3 Å². The first kappa shape index (κ1) is 22.0. The molecule has 0 spiro atoms. The fraction of sp³-hybridized carbons (Fsp3) is 0.318. The van der Waals surface area contributed by atoms with Gasteiger partial charge >= 0.3 is 0 Å². The van der Waals surface area contributed by atoms with Crippen LogP contribution in [-0.4, -0.2) is 43.1 Å². The number of rotatable bonds is 8. The number of H-pyrrole nitrogens is 1. The van der Waals surface area contributed by atoms with Crippen molar-refractivity contribution in [1.29, 1.82) is 0 Å². The van der Waals surface area contributed by atoms with Crippen LogP contribution < -0.4 is 10.3 Å². The third-order valence-electron chi connectivity index (χ3n) is 5.24. The number of aromatic nitrogens is 1. The van der Waals surface area contributed by atoms with E-state index in [0.29, 0.717) is 11.3 Å². The van der Waals surface area contributed by atoms with E-state index in [2.05, 4.69) is 4.98 Å². The maximum atomic E-state index is 13.2. The summed E-state index contributed by atoms with van der Waals surface area (Å²) in [4.78, 5) is 15.7. The standard InChI is InChI=1S/C22H26N2O5S/c1-15-5-6-17-13-18(22(26)23-21(17)16(15)2)14-24(11-4-12-25)30(27,28)20-9-7-19(29-3)8-10-20/h5-10,13,25H,4,11-12,14H2,1-3H3,(H,23,26). The largest absolute Gasteiger partial charge is 0.497 e. The molecule has 160 valence electrons. The average Bonchev–Trinajstić information content (AvgIpc) is 2.74. The molecule has 0 radical (unpaired) electrons. The van der Waals surface area contributed by atoms with Gasteiger partial charge < -0.3 is 14.8 Å². The fourth-order valence-corrected chi connectivity index (χ4v) is 4.76. The fourth-order valence-electron chi connectivity index (χ4n) is 3.31. The number of sulfonamides is 1. The number of pyridine rings is 1. The molecule has 1 aromatic heterocycles. The van der Waals surface area contributed by atoms with E-state index in [1.54, 1.807) is 18.2 Å². The van der Waals surface area contributed by atoms with Gasteiger partial charge in [0.15, 0.2) is 0 Å². The van der Waals surface area contributed by atoms with Crippen LogP contribution in [0.1, 0.15) is 23.1 Å². The van der Waals surface area contributed by atoms with E-state index in [4.69, 9.17) is 4.74 Å². The summed E-state index contributed by atoms with van der Waals surface area (Å²) in [5.74, 6) is 0.549. The monoisotopic (exact) mass is 430 g/mol. The van der Waals surface area contributed by atoms with E-state index >= 15 is 0 Å². The van der Waals surface area contributed by atoms with Crippen molar-refractivity contribution in [2.75, 3.05) is 20.3 Å². The Morgan fingerprint density at radius 2 is 1.80 bits per heavy atom. The molecule has 3 aromatic rings. The Balaban J connectivity index is 2.01. The van der Waals surface area contributed by atoms with Gasteiger partial charge in [0, 0.05) is 25.3 Å². The van der Waals surface area contributed by atoms with Crippen molar-refractivity contribution in [3.63, 3.8) is 0 Å². The number of benzene rings is 2. The van der Waals surface area contributed by atoms with Crippen LogP contribution in [0.5, 0.6) is 5.75 Å². The van der Waals surface area contributed by atoms with Crippen LogP contribution in [-0.2, 0) is 16.6 Å². The molecule has 0 aliphatic rings. The molecule has 0 amide bonds. The first-order valence-corrected chi connectivity index (χ1v) is 11.1. The van der Waals surface area contributed by atoms with Crippen LogP contribution in [0.25, 0.3) is 10.9 Å². The Morgan fingerprint density at radius 3 is 2.43 bits per heavy atom. The summed E-state index contributed by atoms with van der Waals surface area (Å²) < 4.78 is 32.7. The smallest absolute Gasteiger partial charge is 0.252 e. The molecular formula is C22H26N2O5S. The topological polar surface area (TPSA) is 99.7 Å². The quantitative estimate of drug-likeness (QED) is 0.572. The first-order chi connectivity index (χ1) is 14.3. The summed E-state index contributed by atoms with van der Waals surface area (Å²) in [6.07, 6.45) is 0.263. The Labute approximate surface area is 176 Å². The summed E-state index contributed by atoms with van der Waals surface area (Å²) in [6.45, 7) is 3.76. The summed E-state index contributed by atoms with van der Waals surface area (Å²) in [5.41, 5.74) is 2.83. The summed E-state index contributed by atoms with van der Waals surface area (Å²) >= 11 is 0. The van der Waals surface area contributed by atoms with Crippen molar-refractivity contribution in [2.45, 2.75) is 31.7 Å². The van der Waals surface area contributed by atoms with Gasteiger partial charge in [0.25, 0.3) is 5.56 Å². The van der Waals surface area contributed by atoms with Gasteiger partial charge in [-0.2, -0.15) is 4.31 Å². The van der Waals surface area contributed by atoms with Crippen LogP contribution in [0.15, 0.2) is 52.2 Å². The van der Waals surface area contributed by atoms with Gasteiger partial charge in [0.05, 0.1) is 17.5 Å². The summed E-state index contributed by atoms with van der Waals surface area (Å²) in [6, 6.07) is 11.7. The molecule has 0 bridgehead atoms. The predicted molar refractivity (Wildman–Crippen MR) is 116 cm³/mol. The SMILES string of the molecule is COc1ccc(S(=O)(=O)N(CCCO)Cc2cc3ccc(C)c(C)c3[nH]c2=O)cc1. The van der Waals surface area contributed by atoms with Crippen LogP contribution in [0.4, 0.5) is 0 Å². The molecule has 0 aliphatic heterocycles. The molecule has 0 atom stereocenters. The lowest BCUT2D eigenvalue weighted by Crippen LogP contribution is -2.34. The van der Waals surface area contributed by atoms with Gasteiger partial charge in [0.1, 0.15) is 5.75 Å². The van der Waals surface area contributed by atoms with Crippen LogP contribution >= 0.6 is 0 Å².